The quantitative estimate of drug-likeness (QED) is 0.720. The van der Waals surface area contributed by atoms with Crippen LogP contribution in [0.3, 0.4) is 0 Å². The molecular formula is C13H23NO. The third-order valence-electron chi connectivity index (χ3n) is 2.98. The van der Waals surface area contributed by atoms with Gasteiger partial charge in [-0.2, -0.15) is 0 Å². The fraction of sp³-hybridized carbons (Fsp3) is 0.846. The summed E-state index contributed by atoms with van der Waals surface area (Å²) in [5.41, 5.74) is -0.136. The van der Waals surface area contributed by atoms with E-state index < -0.39 is 0 Å². The number of hydrogen-bond acceptors (Lipinski definition) is 2. The van der Waals surface area contributed by atoms with E-state index in [1.165, 1.54) is 0 Å². The Hall–Kier alpha value is -0.520. The fourth-order valence-corrected chi connectivity index (χ4v) is 2.40. The lowest BCUT2D eigenvalue weighted by Gasteiger charge is -2.29. The fourth-order valence-electron chi connectivity index (χ4n) is 2.40. The van der Waals surface area contributed by atoms with Crippen molar-refractivity contribution in [2.45, 2.75) is 70.7 Å². The van der Waals surface area contributed by atoms with E-state index in [0.29, 0.717) is 12.1 Å². The van der Waals surface area contributed by atoms with Gasteiger partial charge in [-0.3, -0.25) is 0 Å². The van der Waals surface area contributed by atoms with E-state index >= 15 is 0 Å². The topological polar surface area (TPSA) is 21.3 Å². The Morgan fingerprint density at radius 2 is 2.07 bits per heavy atom. The van der Waals surface area contributed by atoms with Crippen molar-refractivity contribution < 1.29 is 4.74 Å². The summed E-state index contributed by atoms with van der Waals surface area (Å²) in [5, 5.41) is 3.56. The Bertz CT molecular complexity index is 262. The predicted molar refractivity (Wildman–Crippen MR) is 63.7 cm³/mol. The highest BCUT2D eigenvalue weighted by Crippen LogP contribution is 2.37. The zero-order valence-electron chi connectivity index (χ0n) is 10.6. The van der Waals surface area contributed by atoms with E-state index in [1.54, 1.807) is 0 Å². The number of rotatable bonds is 3. The molecule has 1 aliphatic heterocycles. The SMILES string of the molecule is C#CCC(C)NC1CC(C)(C)OC1(C)C. The first-order chi connectivity index (χ1) is 6.77. The van der Waals surface area contributed by atoms with Crippen molar-refractivity contribution in [2.24, 2.45) is 0 Å². The zero-order chi connectivity index (χ0) is 11.7. The lowest BCUT2D eigenvalue weighted by Crippen LogP contribution is -2.47. The standard InChI is InChI=1S/C13H23NO/c1-7-8-10(2)14-11-9-12(3,4)15-13(11,5)6/h1,10-11,14H,8-9H2,2-6H3. The minimum atomic E-state index is -0.105. The van der Waals surface area contributed by atoms with Gasteiger partial charge in [0.05, 0.1) is 11.2 Å². The summed E-state index contributed by atoms with van der Waals surface area (Å²) in [5.74, 6) is 2.69. The van der Waals surface area contributed by atoms with E-state index in [2.05, 4.69) is 45.9 Å². The smallest absolute Gasteiger partial charge is 0.0787 e. The van der Waals surface area contributed by atoms with Gasteiger partial charge in [-0.15, -0.1) is 12.3 Å². The average Bonchev–Trinajstić information content (AvgIpc) is 2.19. The highest BCUT2D eigenvalue weighted by molar-refractivity contribution is 5.00. The van der Waals surface area contributed by atoms with Crippen LogP contribution in [0.25, 0.3) is 0 Å². The molecule has 2 nitrogen and oxygen atoms in total. The van der Waals surface area contributed by atoms with Crippen LogP contribution in [0, 0.1) is 12.3 Å². The van der Waals surface area contributed by atoms with Crippen molar-refractivity contribution in [1.29, 1.82) is 0 Å². The van der Waals surface area contributed by atoms with Gasteiger partial charge in [0, 0.05) is 18.5 Å². The summed E-state index contributed by atoms with van der Waals surface area (Å²) in [6.45, 7) is 10.7. The second-order valence-corrected chi connectivity index (χ2v) is 5.70. The van der Waals surface area contributed by atoms with Crippen LogP contribution in [0.1, 0.15) is 47.5 Å². The van der Waals surface area contributed by atoms with Gasteiger partial charge >= 0.3 is 0 Å². The Morgan fingerprint density at radius 3 is 2.47 bits per heavy atom. The molecular weight excluding hydrogens is 186 g/mol. The van der Waals surface area contributed by atoms with Crippen molar-refractivity contribution in [3.05, 3.63) is 0 Å². The van der Waals surface area contributed by atoms with Crippen molar-refractivity contribution in [3.8, 4) is 12.3 Å². The number of ether oxygens (including phenoxy) is 1. The summed E-state index contributed by atoms with van der Waals surface area (Å²) in [6, 6.07) is 0.743. The second kappa shape index (κ2) is 4.15. The molecule has 0 amide bonds. The monoisotopic (exact) mass is 209 g/mol. The molecule has 0 spiro atoms. The molecule has 2 unspecified atom stereocenters. The molecule has 0 saturated carbocycles. The summed E-state index contributed by atoms with van der Waals surface area (Å²) < 4.78 is 6.01. The highest BCUT2D eigenvalue weighted by Gasteiger charge is 2.45. The summed E-state index contributed by atoms with van der Waals surface area (Å²) in [7, 11) is 0. The molecule has 0 aliphatic carbocycles. The van der Waals surface area contributed by atoms with Gasteiger partial charge in [0.2, 0.25) is 0 Å². The molecule has 15 heavy (non-hydrogen) atoms. The summed E-state index contributed by atoms with van der Waals surface area (Å²) >= 11 is 0. The first-order valence-corrected chi connectivity index (χ1v) is 5.66. The molecule has 0 aromatic heterocycles. The number of hydrogen-bond donors (Lipinski definition) is 1. The summed E-state index contributed by atoms with van der Waals surface area (Å²) in [4.78, 5) is 0. The third-order valence-corrected chi connectivity index (χ3v) is 2.98. The van der Waals surface area contributed by atoms with Crippen LogP contribution in [0.15, 0.2) is 0 Å². The summed E-state index contributed by atoms with van der Waals surface area (Å²) in [6.07, 6.45) is 7.11. The van der Waals surface area contributed by atoms with Gasteiger partial charge < -0.3 is 10.1 Å². The zero-order valence-corrected chi connectivity index (χ0v) is 10.6. The van der Waals surface area contributed by atoms with Crippen LogP contribution in [0.4, 0.5) is 0 Å². The van der Waals surface area contributed by atoms with Gasteiger partial charge in [-0.05, 0) is 41.0 Å². The molecule has 1 heterocycles. The minimum Gasteiger partial charge on any atom is -0.368 e. The van der Waals surface area contributed by atoms with Crippen LogP contribution in [0.2, 0.25) is 0 Å². The van der Waals surface area contributed by atoms with E-state index in [1.807, 2.05) is 0 Å². The van der Waals surface area contributed by atoms with Gasteiger partial charge in [0.25, 0.3) is 0 Å². The average molecular weight is 209 g/mol. The predicted octanol–water partition coefficient (Wildman–Crippen LogP) is 2.33. The van der Waals surface area contributed by atoms with Gasteiger partial charge in [0.1, 0.15) is 0 Å². The van der Waals surface area contributed by atoms with E-state index in [4.69, 9.17) is 11.2 Å². The largest absolute Gasteiger partial charge is 0.368 e. The van der Waals surface area contributed by atoms with Crippen molar-refractivity contribution >= 4 is 0 Å². The molecule has 2 atom stereocenters. The maximum Gasteiger partial charge on any atom is 0.0787 e. The van der Waals surface area contributed by atoms with Gasteiger partial charge in [-0.1, -0.05) is 0 Å². The number of terminal acetylenes is 1. The molecule has 86 valence electrons. The molecule has 0 aromatic rings. The molecule has 0 radical (unpaired) electrons. The number of nitrogens with one attached hydrogen (secondary N) is 1. The molecule has 0 bridgehead atoms. The van der Waals surface area contributed by atoms with E-state index in [-0.39, 0.29) is 11.2 Å². The maximum atomic E-state index is 6.01. The Kier molecular flexibility index (Phi) is 3.48. The molecule has 1 N–H and O–H groups in total. The van der Waals surface area contributed by atoms with Crippen molar-refractivity contribution in [3.63, 3.8) is 0 Å². The van der Waals surface area contributed by atoms with Crippen molar-refractivity contribution in [2.75, 3.05) is 0 Å². The molecule has 0 aromatic carbocycles. The first kappa shape index (κ1) is 12.5. The lowest BCUT2D eigenvalue weighted by molar-refractivity contribution is -0.0703. The molecule has 1 fully saturated rings. The Balaban J connectivity index is 2.60. The molecule has 2 heteroatoms. The van der Waals surface area contributed by atoms with Gasteiger partial charge in [0.15, 0.2) is 0 Å². The van der Waals surface area contributed by atoms with E-state index in [0.717, 1.165) is 12.8 Å². The minimum absolute atomic E-state index is 0.0307. The maximum absolute atomic E-state index is 6.01. The Labute approximate surface area is 93.8 Å². The van der Waals surface area contributed by atoms with E-state index in [9.17, 15) is 0 Å². The second-order valence-electron chi connectivity index (χ2n) is 5.70. The van der Waals surface area contributed by atoms with Crippen LogP contribution >= 0.6 is 0 Å². The van der Waals surface area contributed by atoms with Crippen molar-refractivity contribution in [1.82, 2.24) is 5.32 Å². The highest BCUT2D eigenvalue weighted by atomic mass is 16.5. The molecule has 1 aliphatic rings. The van der Waals surface area contributed by atoms with Gasteiger partial charge in [-0.25, -0.2) is 0 Å². The van der Waals surface area contributed by atoms with Crippen LogP contribution in [-0.4, -0.2) is 23.3 Å². The molecule has 1 saturated heterocycles. The normalized spacial score (nSPS) is 29.7. The van der Waals surface area contributed by atoms with Crippen LogP contribution in [-0.2, 0) is 4.74 Å². The molecule has 1 rings (SSSR count). The lowest BCUT2D eigenvalue weighted by atomic mass is 9.93. The first-order valence-electron chi connectivity index (χ1n) is 5.66. The Morgan fingerprint density at radius 1 is 1.47 bits per heavy atom. The third kappa shape index (κ3) is 3.22. The van der Waals surface area contributed by atoms with Crippen LogP contribution < -0.4 is 5.32 Å². The van der Waals surface area contributed by atoms with Crippen LogP contribution in [0.5, 0.6) is 0 Å².